The van der Waals surface area contributed by atoms with Crippen molar-refractivity contribution in [1.29, 1.82) is 0 Å². The Balaban J connectivity index is 3.12. The Morgan fingerprint density at radius 1 is 1.38 bits per heavy atom. The van der Waals surface area contributed by atoms with Crippen LogP contribution in [0.4, 0.5) is 0 Å². The number of hydrogen-bond donors (Lipinski definition) is 2. The molecule has 0 fully saturated rings. The van der Waals surface area contributed by atoms with E-state index in [4.69, 9.17) is 15.3 Å². The molecule has 16 heavy (non-hydrogen) atoms. The number of methoxy groups -OCH3 is 2. The molecule has 1 aromatic rings. The summed E-state index contributed by atoms with van der Waals surface area (Å²) in [6, 6.07) is 5.29. The standard InChI is InChI=1S/C11H16N2O3/c1-7(11(14)13-12)9-6-8(15-2)4-5-10(9)16-3/h4-7H,12H2,1-3H3,(H,13,14). The van der Waals surface area contributed by atoms with E-state index in [2.05, 4.69) is 5.43 Å². The monoisotopic (exact) mass is 224 g/mol. The van der Waals surface area contributed by atoms with Crippen molar-refractivity contribution in [3.63, 3.8) is 0 Å². The predicted octanol–water partition coefficient (Wildman–Crippen LogP) is 0.797. The maximum atomic E-state index is 11.4. The van der Waals surface area contributed by atoms with Crippen molar-refractivity contribution in [3.05, 3.63) is 23.8 Å². The lowest BCUT2D eigenvalue weighted by atomic mass is 9.99. The Morgan fingerprint density at radius 2 is 2.06 bits per heavy atom. The summed E-state index contributed by atoms with van der Waals surface area (Å²) >= 11 is 0. The maximum Gasteiger partial charge on any atom is 0.241 e. The molecule has 0 aliphatic heterocycles. The highest BCUT2D eigenvalue weighted by atomic mass is 16.5. The van der Waals surface area contributed by atoms with Gasteiger partial charge in [-0.05, 0) is 25.1 Å². The Morgan fingerprint density at radius 3 is 2.56 bits per heavy atom. The van der Waals surface area contributed by atoms with E-state index in [0.717, 1.165) is 5.56 Å². The minimum absolute atomic E-state index is 0.272. The molecule has 0 saturated heterocycles. The van der Waals surface area contributed by atoms with Crippen LogP contribution in [-0.2, 0) is 4.79 Å². The second-order valence-corrected chi connectivity index (χ2v) is 3.34. The normalized spacial score (nSPS) is 11.8. The number of nitrogens with two attached hydrogens (primary N) is 1. The first-order valence-electron chi connectivity index (χ1n) is 4.86. The van der Waals surface area contributed by atoms with Gasteiger partial charge in [-0.25, -0.2) is 5.84 Å². The van der Waals surface area contributed by atoms with E-state index in [1.807, 2.05) is 0 Å². The van der Waals surface area contributed by atoms with E-state index < -0.39 is 5.92 Å². The number of carbonyl (C=O) groups is 1. The zero-order valence-corrected chi connectivity index (χ0v) is 9.61. The van der Waals surface area contributed by atoms with Crippen LogP contribution in [0.1, 0.15) is 18.4 Å². The molecule has 5 nitrogen and oxygen atoms in total. The molecule has 1 atom stereocenters. The highest BCUT2D eigenvalue weighted by molar-refractivity contribution is 5.83. The largest absolute Gasteiger partial charge is 0.497 e. The maximum absolute atomic E-state index is 11.4. The van der Waals surface area contributed by atoms with Crippen molar-refractivity contribution in [2.45, 2.75) is 12.8 Å². The fraction of sp³-hybridized carbons (Fsp3) is 0.364. The molecule has 0 spiro atoms. The molecular formula is C11H16N2O3. The molecule has 5 heteroatoms. The number of hydrazine groups is 1. The van der Waals surface area contributed by atoms with E-state index in [9.17, 15) is 4.79 Å². The van der Waals surface area contributed by atoms with Gasteiger partial charge in [0.25, 0.3) is 0 Å². The summed E-state index contributed by atoms with van der Waals surface area (Å²) in [5.74, 6) is 5.75. The number of rotatable bonds is 4. The second kappa shape index (κ2) is 5.37. The lowest BCUT2D eigenvalue weighted by molar-refractivity contribution is -0.122. The molecule has 0 bridgehead atoms. The van der Waals surface area contributed by atoms with Crippen molar-refractivity contribution in [2.75, 3.05) is 14.2 Å². The average Bonchev–Trinajstić information content (AvgIpc) is 2.35. The van der Waals surface area contributed by atoms with Crippen LogP contribution in [0.2, 0.25) is 0 Å². The molecule has 0 aliphatic rings. The molecule has 1 rings (SSSR count). The minimum Gasteiger partial charge on any atom is -0.497 e. The van der Waals surface area contributed by atoms with Crippen LogP contribution in [0, 0.1) is 0 Å². The van der Waals surface area contributed by atoms with Gasteiger partial charge in [-0.15, -0.1) is 0 Å². The van der Waals surface area contributed by atoms with Gasteiger partial charge in [0.15, 0.2) is 0 Å². The van der Waals surface area contributed by atoms with Crippen LogP contribution in [0.5, 0.6) is 11.5 Å². The van der Waals surface area contributed by atoms with Gasteiger partial charge in [-0.2, -0.15) is 0 Å². The first-order valence-corrected chi connectivity index (χ1v) is 4.86. The molecule has 0 heterocycles. The summed E-state index contributed by atoms with van der Waals surface area (Å²) in [5, 5.41) is 0. The summed E-state index contributed by atoms with van der Waals surface area (Å²) in [6.07, 6.45) is 0. The molecule has 0 saturated carbocycles. The van der Waals surface area contributed by atoms with Crippen LogP contribution in [-0.4, -0.2) is 20.1 Å². The molecule has 1 unspecified atom stereocenters. The molecule has 0 aromatic heterocycles. The third kappa shape index (κ3) is 2.43. The average molecular weight is 224 g/mol. The van der Waals surface area contributed by atoms with Gasteiger partial charge in [0.05, 0.1) is 20.1 Å². The first kappa shape index (κ1) is 12.3. The summed E-state index contributed by atoms with van der Waals surface area (Å²) in [7, 11) is 3.12. The van der Waals surface area contributed by atoms with Crippen LogP contribution in [0.3, 0.4) is 0 Å². The SMILES string of the molecule is COc1ccc(OC)c(C(C)C(=O)NN)c1. The van der Waals surface area contributed by atoms with Gasteiger partial charge >= 0.3 is 0 Å². The quantitative estimate of drug-likeness (QED) is 0.450. The van der Waals surface area contributed by atoms with Gasteiger partial charge in [0.1, 0.15) is 11.5 Å². The van der Waals surface area contributed by atoms with Crippen LogP contribution in [0.25, 0.3) is 0 Å². The summed E-state index contributed by atoms with van der Waals surface area (Å²) in [5.41, 5.74) is 2.86. The summed E-state index contributed by atoms with van der Waals surface area (Å²) < 4.78 is 10.3. The van der Waals surface area contributed by atoms with Crippen LogP contribution >= 0.6 is 0 Å². The molecule has 88 valence electrons. The number of benzene rings is 1. The van der Waals surface area contributed by atoms with Gasteiger partial charge in [0, 0.05) is 5.56 Å². The Hall–Kier alpha value is -1.75. The Kier molecular flexibility index (Phi) is 4.13. The lowest BCUT2D eigenvalue weighted by Gasteiger charge is -2.15. The topological polar surface area (TPSA) is 73.6 Å². The number of amides is 1. The van der Waals surface area contributed by atoms with Gasteiger partial charge in [0.2, 0.25) is 5.91 Å². The highest BCUT2D eigenvalue weighted by Gasteiger charge is 2.18. The molecule has 0 radical (unpaired) electrons. The highest BCUT2D eigenvalue weighted by Crippen LogP contribution is 2.30. The fourth-order valence-electron chi connectivity index (χ4n) is 1.44. The molecule has 1 aromatic carbocycles. The smallest absolute Gasteiger partial charge is 0.241 e. The van der Waals surface area contributed by atoms with Crippen LogP contribution < -0.4 is 20.7 Å². The van der Waals surface area contributed by atoms with Gasteiger partial charge in [-0.1, -0.05) is 0 Å². The van der Waals surface area contributed by atoms with Crippen molar-refractivity contribution in [1.82, 2.24) is 5.43 Å². The van der Waals surface area contributed by atoms with Crippen molar-refractivity contribution >= 4 is 5.91 Å². The first-order chi connectivity index (χ1) is 7.63. The van der Waals surface area contributed by atoms with Crippen molar-refractivity contribution in [3.8, 4) is 11.5 Å². The zero-order valence-electron chi connectivity index (χ0n) is 9.61. The number of nitrogens with one attached hydrogen (secondary N) is 1. The third-order valence-electron chi connectivity index (χ3n) is 2.44. The van der Waals surface area contributed by atoms with E-state index in [1.165, 1.54) is 0 Å². The predicted molar refractivity (Wildman–Crippen MR) is 60.3 cm³/mol. The number of carbonyl (C=O) groups excluding carboxylic acids is 1. The lowest BCUT2D eigenvalue weighted by Crippen LogP contribution is -2.33. The molecule has 0 aliphatic carbocycles. The third-order valence-corrected chi connectivity index (χ3v) is 2.44. The van der Waals surface area contributed by atoms with Gasteiger partial charge in [-0.3, -0.25) is 10.2 Å². The van der Waals surface area contributed by atoms with E-state index in [0.29, 0.717) is 11.5 Å². The van der Waals surface area contributed by atoms with E-state index in [-0.39, 0.29) is 5.91 Å². The zero-order chi connectivity index (χ0) is 12.1. The van der Waals surface area contributed by atoms with Crippen molar-refractivity contribution in [2.24, 2.45) is 5.84 Å². The fourth-order valence-corrected chi connectivity index (χ4v) is 1.44. The molecule has 1 amide bonds. The Bertz CT molecular complexity index is 379. The number of hydrogen-bond acceptors (Lipinski definition) is 4. The molecular weight excluding hydrogens is 208 g/mol. The van der Waals surface area contributed by atoms with Crippen molar-refractivity contribution < 1.29 is 14.3 Å². The number of ether oxygens (including phenoxy) is 2. The summed E-state index contributed by atoms with van der Waals surface area (Å²) in [6.45, 7) is 1.75. The van der Waals surface area contributed by atoms with E-state index in [1.54, 1.807) is 39.3 Å². The second-order valence-electron chi connectivity index (χ2n) is 3.34. The molecule has 3 N–H and O–H groups in total. The van der Waals surface area contributed by atoms with Crippen LogP contribution in [0.15, 0.2) is 18.2 Å². The van der Waals surface area contributed by atoms with E-state index >= 15 is 0 Å². The minimum atomic E-state index is -0.393. The summed E-state index contributed by atoms with van der Waals surface area (Å²) in [4.78, 5) is 11.4. The Labute approximate surface area is 94.5 Å². The van der Waals surface area contributed by atoms with Gasteiger partial charge < -0.3 is 9.47 Å².